The molecular weight excluding hydrogens is 198 g/mol. The molecule has 0 aliphatic carbocycles. The molecule has 1 heterocycles. The Morgan fingerprint density at radius 2 is 1.75 bits per heavy atom. The molecule has 2 heteroatoms. The molecule has 0 spiro atoms. The molecule has 0 aromatic carbocycles. The van der Waals surface area contributed by atoms with Gasteiger partial charge in [0.2, 0.25) is 0 Å². The van der Waals surface area contributed by atoms with Crippen LogP contribution in [0.2, 0.25) is 0 Å². The molecule has 0 atom stereocenters. The van der Waals surface area contributed by atoms with Crippen LogP contribution < -0.4 is 0 Å². The van der Waals surface area contributed by atoms with E-state index in [4.69, 9.17) is 4.74 Å². The quantitative estimate of drug-likeness (QED) is 0.729. The van der Waals surface area contributed by atoms with Crippen molar-refractivity contribution in [1.29, 1.82) is 0 Å². The lowest BCUT2D eigenvalue weighted by molar-refractivity contribution is -0.0771. The van der Waals surface area contributed by atoms with Gasteiger partial charge in [-0.3, -0.25) is 4.90 Å². The van der Waals surface area contributed by atoms with E-state index in [1.807, 2.05) is 7.11 Å². The minimum Gasteiger partial charge on any atom is -0.378 e. The van der Waals surface area contributed by atoms with Gasteiger partial charge in [-0.05, 0) is 40.0 Å². The number of rotatable bonds is 4. The topological polar surface area (TPSA) is 12.5 Å². The maximum Gasteiger partial charge on any atom is 0.0703 e. The standard InChI is InChI=1S/C14H29NO/c1-6-7-8-14(16-5)9-11-15(12-10-14)13(2,3)4/h6-12H2,1-5H3. The Labute approximate surface area is 101 Å². The smallest absolute Gasteiger partial charge is 0.0703 e. The van der Waals surface area contributed by atoms with Crippen LogP contribution in [-0.2, 0) is 4.74 Å². The lowest BCUT2D eigenvalue weighted by Gasteiger charge is -2.46. The summed E-state index contributed by atoms with van der Waals surface area (Å²) in [6.07, 6.45) is 6.19. The van der Waals surface area contributed by atoms with E-state index < -0.39 is 0 Å². The Morgan fingerprint density at radius 1 is 1.19 bits per heavy atom. The summed E-state index contributed by atoms with van der Waals surface area (Å²) in [6, 6.07) is 0. The first kappa shape index (κ1) is 14.0. The largest absolute Gasteiger partial charge is 0.378 e. The van der Waals surface area contributed by atoms with Gasteiger partial charge in [0.05, 0.1) is 5.60 Å². The molecule has 1 fully saturated rings. The summed E-state index contributed by atoms with van der Waals surface area (Å²) in [7, 11) is 1.89. The molecule has 1 aliphatic rings. The third kappa shape index (κ3) is 3.46. The third-order valence-electron chi connectivity index (χ3n) is 4.04. The summed E-state index contributed by atoms with van der Waals surface area (Å²) < 4.78 is 5.82. The lowest BCUT2D eigenvalue weighted by Crippen LogP contribution is -2.52. The van der Waals surface area contributed by atoms with Crippen molar-refractivity contribution in [3.63, 3.8) is 0 Å². The average molecular weight is 227 g/mol. The third-order valence-corrected chi connectivity index (χ3v) is 4.04. The predicted molar refractivity (Wildman–Crippen MR) is 69.8 cm³/mol. The molecule has 0 radical (unpaired) electrons. The minimum absolute atomic E-state index is 0.178. The molecule has 0 N–H and O–H groups in total. The first-order valence-electron chi connectivity index (χ1n) is 6.74. The normalized spacial score (nSPS) is 22.3. The fourth-order valence-corrected chi connectivity index (χ4v) is 2.64. The molecule has 96 valence electrons. The van der Waals surface area contributed by atoms with Crippen molar-refractivity contribution in [2.75, 3.05) is 20.2 Å². The fraction of sp³-hybridized carbons (Fsp3) is 1.00. The second-order valence-corrected chi connectivity index (χ2v) is 6.15. The number of piperidine rings is 1. The molecule has 0 aromatic heterocycles. The summed E-state index contributed by atoms with van der Waals surface area (Å²) in [4.78, 5) is 2.58. The molecule has 1 rings (SSSR count). The summed E-state index contributed by atoms with van der Waals surface area (Å²) >= 11 is 0. The highest BCUT2D eigenvalue weighted by Crippen LogP contribution is 2.33. The van der Waals surface area contributed by atoms with Gasteiger partial charge in [0.1, 0.15) is 0 Å². The van der Waals surface area contributed by atoms with Crippen LogP contribution in [0.4, 0.5) is 0 Å². The van der Waals surface area contributed by atoms with Gasteiger partial charge in [-0.15, -0.1) is 0 Å². The van der Waals surface area contributed by atoms with E-state index in [1.54, 1.807) is 0 Å². The highest BCUT2D eigenvalue weighted by Gasteiger charge is 2.36. The number of ether oxygens (including phenoxy) is 1. The fourth-order valence-electron chi connectivity index (χ4n) is 2.64. The summed E-state index contributed by atoms with van der Waals surface area (Å²) in [5.41, 5.74) is 0.489. The molecule has 0 bridgehead atoms. The molecule has 16 heavy (non-hydrogen) atoms. The van der Waals surface area contributed by atoms with Crippen molar-refractivity contribution in [3.05, 3.63) is 0 Å². The van der Waals surface area contributed by atoms with Gasteiger partial charge < -0.3 is 4.74 Å². The minimum atomic E-state index is 0.178. The maximum absolute atomic E-state index is 5.82. The van der Waals surface area contributed by atoms with Crippen LogP contribution in [0.3, 0.4) is 0 Å². The molecule has 1 aliphatic heterocycles. The van der Waals surface area contributed by atoms with Crippen molar-refractivity contribution in [1.82, 2.24) is 4.90 Å². The maximum atomic E-state index is 5.82. The van der Waals surface area contributed by atoms with Crippen LogP contribution in [0.5, 0.6) is 0 Å². The molecule has 2 nitrogen and oxygen atoms in total. The zero-order valence-corrected chi connectivity index (χ0v) is 11.8. The Bertz CT molecular complexity index is 199. The molecule has 0 aromatic rings. The summed E-state index contributed by atoms with van der Waals surface area (Å²) in [5.74, 6) is 0. The molecular formula is C14H29NO. The zero-order chi connectivity index (χ0) is 12.2. The second kappa shape index (κ2) is 5.50. The molecule has 0 amide bonds. The Kier molecular flexibility index (Phi) is 4.81. The Balaban J connectivity index is 2.50. The van der Waals surface area contributed by atoms with E-state index in [0.717, 1.165) is 0 Å². The van der Waals surface area contributed by atoms with Crippen molar-refractivity contribution in [2.45, 2.75) is 70.9 Å². The highest BCUT2D eigenvalue weighted by molar-refractivity contribution is 4.91. The van der Waals surface area contributed by atoms with Crippen LogP contribution >= 0.6 is 0 Å². The van der Waals surface area contributed by atoms with Crippen molar-refractivity contribution >= 4 is 0 Å². The zero-order valence-electron chi connectivity index (χ0n) is 11.8. The highest BCUT2D eigenvalue weighted by atomic mass is 16.5. The van der Waals surface area contributed by atoms with Crippen molar-refractivity contribution < 1.29 is 4.74 Å². The Hall–Kier alpha value is -0.0800. The van der Waals surface area contributed by atoms with Gasteiger partial charge in [0, 0.05) is 25.7 Å². The summed E-state index contributed by atoms with van der Waals surface area (Å²) in [6.45, 7) is 11.5. The Morgan fingerprint density at radius 3 is 2.12 bits per heavy atom. The van der Waals surface area contributed by atoms with E-state index in [1.165, 1.54) is 45.2 Å². The van der Waals surface area contributed by atoms with E-state index in [-0.39, 0.29) is 5.60 Å². The van der Waals surface area contributed by atoms with Gasteiger partial charge >= 0.3 is 0 Å². The monoisotopic (exact) mass is 227 g/mol. The number of hydrogen-bond acceptors (Lipinski definition) is 2. The predicted octanol–water partition coefficient (Wildman–Crippen LogP) is 3.46. The van der Waals surface area contributed by atoms with Gasteiger partial charge in [-0.2, -0.15) is 0 Å². The lowest BCUT2D eigenvalue weighted by atomic mass is 9.84. The van der Waals surface area contributed by atoms with E-state index in [0.29, 0.717) is 5.54 Å². The van der Waals surface area contributed by atoms with Crippen LogP contribution in [0.1, 0.15) is 59.8 Å². The van der Waals surface area contributed by atoms with Crippen LogP contribution in [0, 0.1) is 0 Å². The number of likely N-dealkylation sites (tertiary alicyclic amines) is 1. The van der Waals surface area contributed by atoms with Gasteiger partial charge in [0.15, 0.2) is 0 Å². The van der Waals surface area contributed by atoms with E-state index >= 15 is 0 Å². The SMILES string of the molecule is CCCCC1(OC)CCN(C(C)(C)C)CC1. The second-order valence-electron chi connectivity index (χ2n) is 6.15. The van der Waals surface area contributed by atoms with Gasteiger partial charge in [-0.1, -0.05) is 19.8 Å². The van der Waals surface area contributed by atoms with Crippen LogP contribution in [0.15, 0.2) is 0 Å². The number of hydrogen-bond donors (Lipinski definition) is 0. The van der Waals surface area contributed by atoms with E-state index in [9.17, 15) is 0 Å². The first-order valence-corrected chi connectivity index (χ1v) is 6.74. The summed E-state index contributed by atoms with van der Waals surface area (Å²) in [5, 5.41) is 0. The average Bonchev–Trinajstić information content (AvgIpc) is 2.26. The number of nitrogens with zero attached hydrogens (tertiary/aromatic N) is 1. The van der Waals surface area contributed by atoms with Crippen molar-refractivity contribution in [3.8, 4) is 0 Å². The van der Waals surface area contributed by atoms with Crippen LogP contribution in [0.25, 0.3) is 0 Å². The first-order chi connectivity index (χ1) is 7.43. The molecule has 1 saturated heterocycles. The number of methoxy groups -OCH3 is 1. The van der Waals surface area contributed by atoms with E-state index in [2.05, 4.69) is 32.6 Å². The number of unbranched alkanes of at least 4 members (excludes halogenated alkanes) is 1. The van der Waals surface area contributed by atoms with Crippen LogP contribution in [-0.4, -0.2) is 36.2 Å². The van der Waals surface area contributed by atoms with Crippen molar-refractivity contribution in [2.24, 2.45) is 0 Å². The molecule has 0 saturated carbocycles. The van der Waals surface area contributed by atoms with Gasteiger partial charge in [-0.25, -0.2) is 0 Å². The molecule has 0 unspecified atom stereocenters. The van der Waals surface area contributed by atoms with Gasteiger partial charge in [0.25, 0.3) is 0 Å².